The highest BCUT2D eigenvalue weighted by atomic mass is 16.5. The fourth-order valence-corrected chi connectivity index (χ4v) is 6.43. The molecule has 0 spiro atoms. The molecule has 6 rings (SSSR count). The van der Waals surface area contributed by atoms with Gasteiger partial charge in [0.15, 0.2) is 5.82 Å². The zero-order valence-electron chi connectivity index (χ0n) is 25.3. The van der Waals surface area contributed by atoms with Gasteiger partial charge in [0, 0.05) is 31.3 Å². The lowest BCUT2D eigenvalue weighted by molar-refractivity contribution is 0.0124. The van der Waals surface area contributed by atoms with E-state index < -0.39 is 5.97 Å². The summed E-state index contributed by atoms with van der Waals surface area (Å²) in [5, 5.41) is 13.9. The molecule has 9 nitrogen and oxygen atoms in total. The molecule has 0 radical (unpaired) electrons. The first-order valence-electron chi connectivity index (χ1n) is 15.3. The molecule has 0 bridgehead atoms. The van der Waals surface area contributed by atoms with Gasteiger partial charge in [0.2, 0.25) is 5.88 Å². The molecule has 0 saturated carbocycles. The average molecular weight is 585 g/mol. The fourth-order valence-electron chi connectivity index (χ4n) is 6.43. The third-order valence-electron chi connectivity index (χ3n) is 8.65. The number of benzene rings is 1. The van der Waals surface area contributed by atoms with E-state index in [1.54, 1.807) is 6.07 Å². The molecule has 3 aromatic rings. The summed E-state index contributed by atoms with van der Waals surface area (Å²) in [7, 11) is 0. The number of nitrogens with zero attached hydrogens (tertiary/aromatic N) is 4. The van der Waals surface area contributed by atoms with Crippen molar-refractivity contribution in [3.8, 4) is 11.7 Å². The van der Waals surface area contributed by atoms with Gasteiger partial charge in [-0.25, -0.2) is 9.78 Å². The molecule has 2 aliphatic heterocycles. The predicted octanol–water partition coefficient (Wildman–Crippen LogP) is 5.88. The van der Waals surface area contributed by atoms with Crippen molar-refractivity contribution in [1.82, 2.24) is 19.7 Å². The zero-order valence-corrected chi connectivity index (χ0v) is 25.3. The Morgan fingerprint density at radius 2 is 2.07 bits per heavy atom. The lowest BCUT2D eigenvalue weighted by Gasteiger charge is -2.38. The Morgan fingerprint density at radius 1 is 1.19 bits per heavy atom. The second-order valence-corrected chi connectivity index (χ2v) is 11.6. The highest BCUT2D eigenvalue weighted by molar-refractivity contribution is 5.90. The molecule has 1 N–H and O–H groups in total. The molecular formula is C34H40N4O5. The maximum atomic E-state index is 11.7. The van der Waals surface area contributed by atoms with Gasteiger partial charge in [-0.3, -0.25) is 4.90 Å². The maximum Gasteiger partial charge on any atom is 0.342 e. The van der Waals surface area contributed by atoms with Crippen LogP contribution in [0.3, 0.4) is 0 Å². The summed E-state index contributed by atoms with van der Waals surface area (Å²) in [4.78, 5) is 19.2. The molecule has 2 aromatic heterocycles. The number of aryl methyl sites for hydroxylation is 1. The van der Waals surface area contributed by atoms with E-state index in [1.807, 2.05) is 19.1 Å². The maximum absolute atomic E-state index is 11.7. The Morgan fingerprint density at radius 3 is 2.86 bits per heavy atom. The molecule has 1 atom stereocenters. The van der Waals surface area contributed by atoms with Crippen LogP contribution in [0.15, 0.2) is 53.9 Å². The number of aromatic nitrogens is 3. The number of fused-ring (bicyclic) bond motifs is 1. The fraction of sp³-hybridized carbons (Fsp3) is 0.441. The summed E-state index contributed by atoms with van der Waals surface area (Å²) in [5.41, 5.74) is 8.25. The minimum absolute atomic E-state index is 0.00162. The summed E-state index contributed by atoms with van der Waals surface area (Å²) < 4.78 is 19.4. The highest BCUT2D eigenvalue weighted by Gasteiger charge is 2.27. The summed E-state index contributed by atoms with van der Waals surface area (Å²) in [6.07, 6.45) is 8.71. The average Bonchev–Trinajstić information content (AvgIpc) is 3.45. The topological polar surface area (TPSA) is 98.9 Å². The number of hydrogen-bond acceptors (Lipinski definition) is 7. The summed E-state index contributed by atoms with van der Waals surface area (Å²) in [6, 6.07) is 10.8. The first-order chi connectivity index (χ1) is 20.9. The molecule has 1 fully saturated rings. The van der Waals surface area contributed by atoms with Crippen molar-refractivity contribution in [2.45, 2.75) is 72.1 Å². The molecule has 1 aromatic carbocycles. The standard InChI is InChI=1S/C34H40N4O5/c1-4-42-33-28(34(39)40)18-35-38(33)31-12-6-11-30(36-31)27-10-5-8-22(2)32(27)43-20-24-16-23(3)29-19-37(14-13-25(29)17-24)26-9-7-15-41-21-26/h6,10-12,16-18,26H,4-5,7-9,13-15,19-21H2,1-3H3,(H,39,40). The largest absolute Gasteiger partial charge is 0.488 e. The van der Waals surface area contributed by atoms with Gasteiger partial charge in [0.25, 0.3) is 0 Å². The number of pyridine rings is 1. The van der Waals surface area contributed by atoms with Gasteiger partial charge in [0.1, 0.15) is 17.9 Å². The Balaban J connectivity index is 1.21. The molecule has 3 aliphatic rings. The number of hydrogen-bond donors (Lipinski definition) is 1. The predicted molar refractivity (Wildman–Crippen MR) is 163 cm³/mol. The molecular weight excluding hydrogens is 544 g/mol. The van der Waals surface area contributed by atoms with Crippen LogP contribution in [-0.2, 0) is 29.0 Å². The number of carboxylic acids is 1. The second-order valence-electron chi connectivity index (χ2n) is 11.6. The van der Waals surface area contributed by atoms with Crippen molar-refractivity contribution in [2.24, 2.45) is 0 Å². The van der Waals surface area contributed by atoms with Gasteiger partial charge < -0.3 is 19.3 Å². The first kappa shape index (κ1) is 29.1. The molecule has 9 heteroatoms. The Hall–Kier alpha value is -3.95. The number of rotatable bonds is 9. The summed E-state index contributed by atoms with van der Waals surface area (Å²) >= 11 is 0. The number of carbonyl (C=O) groups is 1. The molecule has 1 saturated heterocycles. The molecule has 43 heavy (non-hydrogen) atoms. The van der Waals surface area contributed by atoms with Crippen LogP contribution in [0.25, 0.3) is 11.4 Å². The smallest absolute Gasteiger partial charge is 0.342 e. The second kappa shape index (κ2) is 12.7. The molecule has 226 valence electrons. The van der Waals surface area contributed by atoms with Crippen LogP contribution in [0.1, 0.15) is 77.8 Å². The lowest BCUT2D eigenvalue weighted by Crippen LogP contribution is -2.44. The zero-order chi connectivity index (χ0) is 29.9. The Bertz CT molecular complexity index is 1570. The van der Waals surface area contributed by atoms with Crippen molar-refractivity contribution < 1.29 is 24.1 Å². The van der Waals surface area contributed by atoms with Crippen molar-refractivity contribution in [1.29, 1.82) is 0 Å². The highest BCUT2D eigenvalue weighted by Crippen LogP contribution is 2.35. The van der Waals surface area contributed by atoms with Crippen LogP contribution in [0.2, 0.25) is 0 Å². The summed E-state index contributed by atoms with van der Waals surface area (Å²) in [5.74, 6) is 0.407. The van der Waals surface area contributed by atoms with E-state index >= 15 is 0 Å². The molecule has 1 unspecified atom stereocenters. The van der Waals surface area contributed by atoms with Crippen molar-refractivity contribution in [3.63, 3.8) is 0 Å². The number of carboxylic acid groups (broad SMARTS) is 1. The van der Waals surface area contributed by atoms with Crippen molar-refractivity contribution >= 4 is 11.5 Å². The van der Waals surface area contributed by atoms with E-state index in [1.165, 1.54) is 45.1 Å². The van der Waals surface area contributed by atoms with Crippen LogP contribution >= 0.6 is 0 Å². The number of allylic oxidation sites excluding steroid dienone is 3. The van der Waals surface area contributed by atoms with E-state index in [2.05, 4.69) is 42.1 Å². The van der Waals surface area contributed by atoms with Gasteiger partial charge in [-0.15, -0.1) is 0 Å². The first-order valence-corrected chi connectivity index (χ1v) is 15.3. The van der Waals surface area contributed by atoms with Gasteiger partial charge in [-0.2, -0.15) is 9.78 Å². The van der Waals surface area contributed by atoms with Crippen molar-refractivity contribution in [2.75, 3.05) is 26.4 Å². The van der Waals surface area contributed by atoms with Gasteiger partial charge in [-0.1, -0.05) is 24.3 Å². The van der Waals surface area contributed by atoms with E-state index in [0.29, 0.717) is 25.1 Å². The van der Waals surface area contributed by atoms with Gasteiger partial charge in [0.05, 0.1) is 25.1 Å². The van der Waals surface area contributed by atoms with E-state index in [4.69, 9.17) is 19.2 Å². The normalized spacial score (nSPS) is 19.1. The third-order valence-corrected chi connectivity index (χ3v) is 8.65. The van der Waals surface area contributed by atoms with Crippen LogP contribution < -0.4 is 4.74 Å². The molecule has 0 amide bonds. The van der Waals surface area contributed by atoms with Crippen LogP contribution in [-0.4, -0.2) is 63.1 Å². The lowest BCUT2D eigenvalue weighted by atomic mass is 9.91. The number of ether oxygens (including phenoxy) is 3. The van der Waals surface area contributed by atoms with Gasteiger partial charge >= 0.3 is 5.97 Å². The van der Waals surface area contributed by atoms with E-state index in [0.717, 1.165) is 69.0 Å². The third kappa shape index (κ3) is 6.10. The summed E-state index contributed by atoms with van der Waals surface area (Å²) in [6.45, 7) is 10.7. The van der Waals surface area contributed by atoms with Crippen LogP contribution in [0.4, 0.5) is 0 Å². The van der Waals surface area contributed by atoms with Crippen molar-refractivity contribution in [3.05, 3.63) is 87.4 Å². The van der Waals surface area contributed by atoms with Crippen LogP contribution in [0, 0.1) is 6.92 Å². The van der Waals surface area contributed by atoms with E-state index in [9.17, 15) is 9.90 Å². The Labute approximate surface area is 252 Å². The monoisotopic (exact) mass is 584 g/mol. The van der Waals surface area contributed by atoms with Gasteiger partial charge in [-0.05, 0) is 92.8 Å². The minimum Gasteiger partial charge on any atom is -0.488 e. The SMILES string of the molecule is CCOc1c(C(=O)O)cnn1-c1cccc(C2=CCCC(C)=C2OCc2cc(C)c3c(c2)CCN(C2CCCOC2)C3)n1. The number of aromatic carboxylic acids is 1. The Kier molecular flexibility index (Phi) is 8.63. The minimum atomic E-state index is -1.09. The molecule has 1 aliphatic carbocycles. The molecule has 4 heterocycles. The quantitative estimate of drug-likeness (QED) is 0.333. The van der Waals surface area contributed by atoms with E-state index in [-0.39, 0.29) is 11.4 Å². The van der Waals surface area contributed by atoms with Crippen LogP contribution in [0.5, 0.6) is 5.88 Å².